The van der Waals surface area contributed by atoms with E-state index in [1.54, 1.807) is 25.3 Å². The van der Waals surface area contributed by atoms with Crippen molar-refractivity contribution in [3.63, 3.8) is 0 Å². The Morgan fingerprint density at radius 3 is 2.53 bits per heavy atom. The second-order valence-corrected chi connectivity index (χ2v) is 7.50. The SMILES string of the molecule is COc1ccc(C(=O)Nc2ccc(F)c(Cl)c2)cc1COc1ccccc1C(C)C. The van der Waals surface area contributed by atoms with Crippen LogP contribution in [0, 0.1) is 5.82 Å². The highest BCUT2D eigenvalue weighted by Gasteiger charge is 2.13. The van der Waals surface area contributed by atoms with Crippen molar-refractivity contribution in [1.82, 2.24) is 0 Å². The Bertz CT molecular complexity index is 1050. The van der Waals surface area contributed by atoms with Crippen LogP contribution in [0.25, 0.3) is 0 Å². The van der Waals surface area contributed by atoms with Gasteiger partial charge in [0.05, 0.1) is 12.1 Å². The lowest BCUT2D eigenvalue weighted by Gasteiger charge is -2.16. The van der Waals surface area contributed by atoms with Crippen LogP contribution in [0.5, 0.6) is 11.5 Å². The number of methoxy groups -OCH3 is 1. The quantitative estimate of drug-likeness (QED) is 0.471. The molecular formula is C24H23ClFNO3. The van der Waals surface area contributed by atoms with Crippen LogP contribution in [-0.2, 0) is 6.61 Å². The average Bonchev–Trinajstić information content (AvgIpc) is 2.74. The summed E-state index contributed by atoms with van der Waals surface area (Å²) in [6, 6.07) is 17.0. The normalized spacial score (nSPS) is 10.7. The molecule has 0 aliphatic rings. The number of para-hydroxylation sites is 1. The fraction of sp³-hybridized carbons (Fsp3) is 0.208. The van der Waals surface area contributed by atoms with Gasteiger partial charge in [0.25, 0.3) is 5.91 Å². The van der Waals surface area contributed by atoms with E-state index in [0.717, 1.165) is 16.9 Å². The van der Waals surface area contributed by atoms with Gasteiger partial charge >= 0.3 is 0 Å². The summed E-state index contributed by atoms with van der Waals surface area (Å²) < 4.78 is 24.8. The minimum atomic E-state index is -0.541. The lowest BCUT2D eigenvalue weighted by molar-refractivity contribution is 0.102. The first-order chi connectivity index (χ1) is 14.4. The molecule has 1 N–H and O–H groups in total. The first-order valence-corrected chi connectivity index (χ1v) is 9.92. The molecule has 0 heterocycles. The molecule has 1 amide bonds. The van der Waals surface area contributed by atoms with Gasteiger partial charge in [-0.3, -0.25) is 4.79 Å². The lowest BCUT2D eigenvalue weighted by atomic mass is 10.0. The molecule has 0 fully saturated rings. The first kappa shape index (κ1) is 21.7. The third-order valence-corrected chi connectivity index (χ3v) is 4.93. The number of carbonyl (C=O) groups is 1. The summed E-state index contributed by atoms with van der Waals surface area (Å²) in [4.78, 5) is 12.7. The number of hydrogen-bond acceptors (Lipinski definition) is 3. The van der Waals surface area contributed by atoms with Gasteiger partial charge in [0.2, 0.25) is 0 Å². The Labute approximate surface area is 180 Å². The standard InChI is InChI=1S/C24H23ClFNO3/c1-15(2)19-6-4-5-7-23(19)30-14-17-12-16(8-11-22(17)29-3)24(28)27-18-9-10-21(26)20(25)13-18/h4-13,15H,14H2,1-3H3,(H,27,28). The number of carbonyl (C=O) groups excluding carboxylic acids is 1. The maximum atomic E-state index is 13.3. The number of hydrogen-bond donors (Lipinski definition) is 1. The van der Waals surface area contributed by atoms with Crippen LogP contribution in [0.15, 0.2) is 60.7 Å². The Balaban J connectivity index is 1.79. The summed E-state index contributed by atoms with van der Waals surface area (Å²) in [5.41, 5.74) is 2.68. The van der Waals surface area contributed by atoms with Crippen LogP contribution in [-0.4, -0.2) is 13.0 Å². The van der Waals surface area contributed by atoms with Gasteiger partial charge in [0, 0.05) is 16.8 Å². The summed E-state index contributed by atoms with van der Waals surface area (Å²) >= 11 is 5.78. The number of halogens is 2. The number of benzene rings is 3. The van der Waals surface area contributed by atoms with Crippen LogP contribution >= 0.6 is 11.6 Å². The Hall–Kier alpha value is -3.05. The van der Waals surface area contributed by atoms with Gasteiger partial charge in [-0.15, -0.1) is 0 Å². The van der Waals surface area contributed by atoms with Crippen molar-refractivity contribution >= 4 is 23.2 Å². The number of rotatable bonds is 7. The van der Waals surface area contributed by atoms with E-state index in [9.17, 15) is 9.18 Å². The highest BCUT2D eigenvalue weighted by molar-refractivity contribution is 6.31. The van der Waals surface area contributed by atoms with Gasteiger partial charge in [-0.1, -0.05) is 43.6 Å². The van der Waals surface area contributed by atoms with E-state index < -0.39 is 5.82 Å². The molecule has 156 valence electrons. The smallest absolute Gasteiger partial charge is 0.255 e. The third kappa shape index (κ3) is 5.10. The number of ether oxygens (including phenoxy) is 2. The van der Waals surface area contributed by atoms with Crippen molar-refractivity contribution in [1.29, 1.82) is 0 Å². The van der Waals surface area contributed by atoms with Crippen molar-refractivity contribution < 1.29 is 18.7 Å². The van der Waals surface area contributed by atoms with E-state index in [0.29, 0.717) is 22.9 Å². The molecule has 3 rings (SSSR count). The van der Waals surface area contributed by atoms with Crippen molar-refractivity contribution in [2.45, 2.75) is 26.4 Å². The topological polar surface area (TPSA) is 47.6 Å². The second-order valence-electron chi connectivity index (χ2n) is 7.09. The number of anilines is 1. The van der Waals surface area contributed by atoms with Gasteiger partial charge in [0.1, 0.15) is 23.9 Å². The molecule has 3 aromatic carbocycles. The van der Waals surface area contributed by atoms with Gasteiger partial charge in [-0.25, -0.2) is 4.39 Å². The van der Waals surface area contributed by atoms with E-state index in [1.807, 2.05) is 24.3 Å². The summed E-state index contributed by atoms with van der Waals surface area (Å²) in [7, 11) is 1.57. The predicted octanol–water partition coefficient (Wildman–Crippen LogP) is 6.44. The van der Waals surface area contributed by atoms with Gasteiger partial charge in [-0.2, -0.15) is 0 Å². The Morgan fingerprint density at radius 2 is 1.83 bits per heavy atom. The lowest BCUT2D eigenvalue weighted by Crippen LogP contribution is -2.13. The maximum Gasteiger partial charge on any atom is 0.255 e. The third-order valence-electron chi connectivity index (χ3n) is 4.64. The Kier molecular flexibility index (Phi) is 6.95. The maximum absolute atomic E-state index is 13.3. The van der Waals surface area contributed by atoms with E-state index in [4.69, 9.17) is 21.1 Å². The number of nitrogens with one attached hydrogen (secondary N) is 1. The molecule has 0 bridgehead atoms. The van der Waals surface area contributed by atoms with Crippen molar-refractivity contribution in [3.05, 3.63) is 88.2 Å². The Morgan fingerprint density at radius 1 is 1.07 bits per heavy atom. The van der Waals surface area contributed by atoms with Crippen LogP contribution in [0.3, 0.4) is 0 Å². The molecule has 0 aliphatic heterocycles. The minimum absolute atomic E-state index is 0.0552. The van der Waals surface area contributed by atoms with Gasteiger partial charge in [0.15, 0.2) is 0 Å². The largest absolute Gasteiger partial charge is 0.496 e. The summed E-state index contributed by atoms with van der Waals surface area (Å²) in [5.74, 6) is 0.857. The summed E-state index contributed by atoms with van der Waals surface area (Å²) in [5, 5.41) is 2.66. The molecule has 6 heteroatoms. The molecule has 30 heavy (non-hydrogen) atoms. The summed E-state index contributed by atoms with van der Waals surface area (Å²) in [6.45, 7) is 4.46. The van der Waals surface area contributed by atoms with Gasteiger partial charge in [-0.05, 0) is 53.9 Å². The average molecular weight is 428 g/mol. The highest BCUT2D eigenvalue weighted by atomic mass is 35.5. The monoisotopic (exact) mass is 427 g/mol. The summed E-state index contributed by atoms with van der Waals surface area (Å²) in [6.07, 6.45) is 0. The van der Waals surface area contributed by atoms with Crippen LogP contribution in [0.4, 0.5) is 10.1 Å². The molecule has 0 unspecified atom stereocenters. The highest BCUT2D eigenvalue weighted by Crippen LogP contribution is 2.28. The van der Waals surface area contributed by atoms with E-state index in [-0.39, 0.29) is 17.5 Å². The first-order valence-electron chi connectivity index (χ1n) is 9.54. The zero-order valence-electron chi connectivity index (χ0n) is 17.0. The molecule has 0 saturated heterocycles. The van der Waals surface area contributed by atoms with Crippen molar-refractivity contribution in [3.8, 4) is 11.5 Å². The zero-order chi connectivity index (χ0) is 21.7. The van der Waals surface area contributed by atoms with Crippen LogP contribution in [0.1, 0.15) is 41.3 Å². The molecule has 0 spiro atoms. The molecular weight excluding hydrogens is 405 g/mol. The number of amides is 1. The zero-order valence-corrected chi connectivity index (χ0v) is 17.8. The van der Waals surface area contributed by atoms with Crippen molar-refractivity contribution in [2.24, 2.45) is 0 Å². The van der Waals surface area contributed by atoms with E-state index >= 15 is 0 Å². The molecule has 0 radical (unpaired) electrons. The van der Waals surface area contributed by atoms with E-state index in [2.05, 4.69) is 19.2 Å². The second kappa shape index (κ2) is 9.63. The van der Waals surface area contributed by atoms with Gasteiger partial charge < -0.3 is 14.8 Å². The molecule has 0 atom stereocenters. The van der Waals surface area contributed by atoms with Crippen LogP contribution in [0.2, 0.25) is 5.02 Å². The van der Waals surface area contributed by atoms with Crippen molar-refractivity contribution in [2.75, 3.05) is 12.4 Å². The van der Waals surface area contributed by atoms with E-state index in [1.165, 1.54) is 18.2 Å². The molecule has 0 aromatic heterocycles. The molecule has 0 aliphatic carbocycles. The minimum Gasteiger partial charge on any atom is -0.496 e. The van der Waals surface area contributed by atoms with Crippen LogP contribution < -0.4 is 14.8 Å². The fourth-order valence-electron chi connectivity index (χ4n) is 3.05. The molecule has 3 aromatic rings. The predicted molar refractivity (Wildman–Crippen MR) is 117 cm³/mol. The molecule has 4 nitrogen and oxygen atoms in total. The fourth-order valence-corrected chi connectivity index (χ4v) is 3.23. The molecule has 0 saturated carbocycles.